The summed E-state index contributed by atoms with van der Waals surface area (Å²) in [5, 5.41) is 0. The molecule has 18 heavy (non-hydrogen) atoms. The summed E-state index contributed by atoms with van der Waals surface area (Å²) >= 11 is 10.6. The Kier molecular flexibility index (Phi) is 3.51. The Morgan fingerprint density at radius 2 is 2.11 bits per heavy atom. The molecular formula is C12H12BrFN2S2. The SMILES string of the molecule is Fc1cc2[nH]c(=S)n(C3CCSCC3)c2cc1Br. The minimum Gasteiger partial charge on any atom is -0.330 e. The van der Waals surface area contributed by atoms with Crippen LogP contribution >= 0.6 is 39.9 Å². The summed E-state index contributed by atoms with van der Waals surface area (Å²) in [7, 11) is 0. The van der Waals surface area contributed by atoms with E-state index in [-0.39, 0.29) is 5.82 Å². The van der Waals surface area contributed by atoms with Crippen molar-refractivity contribution in [1.29, 1.82) is 0 Å². The fraction of sp³-hybridized carbons (Fsp3) is 0.417. The van der Waals surface area contributed by atoms with Gasteiger partial charge in [-0.2, -0.15) is 11.8 Å². The molecule has 0 bridgehead atoms. The number of aromatic amines is 1. The molecular weight excluding hydrogens is 335 g/mol. The summed E-state index contributed by atoms with van der Waals surface area (Å²) in [5.74, 6) is 2.08. The van der Waals surface area contributed by atoms with Gasteiger partial charge in [-0.3, -0.25) is 0 Å². The lowest BCUT2D eigenvalue weighted by molar-refractivity contribution is 0.476. The van der Waals surface area contributed by atoms with Crippen LogP contribution in [0.2, 0.25) is 0 Å². The summed E-state index contributed by atoms with van der Waals surface area (Å²) in [6, 6.07) is 3.76. The summed E-state index contributed by atoms with van der Waals surface area (Å²) in [5.41, 5.74) is 1.77. The van der Waals surface area contributed by atoms with Crippen LogP contribution < -0.4 is 0 Å². The van der Waals surface area contributed by atoms with Gasteiger partial charge in [-0.1, -0.05) is 0 Å². The zero-order valence-electron chi connectivity index (χ0n) is 9.58. The van der Waals surface area contributed by atoms with Crippen LogP contribution in [0.3, 0.4) is 0 Å². The minimum absolute atomic E-state index is 0.259. The van der Waals surface area contributed by atoms with Crippen molar-refractivity contribution in [2.45, 2.75) is 18.9 Å². The fourth-order valence-corrected chi connectivity index (χ4v) is 4.20. The van der Waals surface area contributed by atoms with Gasteiger partial charge >= 0.3 is 0 Å². The Morgan fingerprint density at radius 1 is 1.39 bits per heavy atom. The van der Waals surface area contributed by atoms with E-state index in [0.717, 1.165) is 23.9 Å². The number of aromatic nitrogens is 2. The lowest BCUT2D eigenvalue weighted by Crippen LogP contribution is -2.15. The number of thioether (sulfide) groups is 1. The molecule has 0 unspecified atom stereocenters. The molecule has 1 fully saturated rings. The highest BCUT2D eigenvalue weighted by atomic mass is 79.9. The van der Waals surface area contributed by atoms with E-state index < -0.39 is 0 Å². The van der Waals surface area contributed by atoms with Crippen LogP contribution in [0.15, 0.2) is 16.6 Å². The Bertz CT molecular complexity index is 643. The number of hydrogen-bond acceptors (Lipinski definition) is 2. The van der Waals surface area contributed by atoms with Gasteiger partial charge in [0.25, 0.3) is 0 Å². The number of rotatable bonds is 1. The van der Waals surface area contributed by atoms with Gasteiger partial charge in [0.2, 0.25) is 0 Å². The molecule has 1 saturated heterocycles. The maximum absolute atomic E-state index is 13.5. The molecule has 2 aromatic rings. The third-order valence-electron chi connectivity index (χ3n) is 3.31. The summed E-state index contributed by atoms with van der Waals surface area (Å²) in [6.45, 7) is 0. The summed E-state index contributed by atoms with van der Waals surface area (Å²) in [4.78, 5) is 3.10. The second-order valence-corrected chi connectivity index (χ2v) is 6.89. The molecule has 0 spiro atoms. The van der Waals surface area contributed by atoms with E-state index in [0.29, 0.717) is 15.3 Å². The number of hydrogen-bond donors (Lipinski definition) is 1. The van der Waals surface area contributed by atoms with E-state index in [1.165, 1.54) is 17.6 Å². The molecule has 1 aromatic heterocycles. The zero-order chi connectivity index (χ0) is 12.7. The first-order valence-corrected chi connectivity index (χ1v) is 8.19. The van der Waals surface area contributed by atoms with Crippen molar-refractivity contribution >= 4 is 50.9 Å². The molecule has 0 atom stereocenters. The Hall–Kier alpha value is -0.330. The molecule has 1 aliphatic heterocycles. The van der Waals surface area contributed by atoms with Crippen molar-refractivity contribution in [3.05, 3.63) is 27.2 Å². The van der Waals surface area contributed by atoms with Crippen LogP contribution in [0.25, 0.3) is 11.0 Å². The number of fused-ring (bicyclic) bond motifs is 1. The first kappa shape index (κ1) is 12.7. The molecule has 0 amide bonds. The van der Waals surface area contributed by atoms with Crippen molar-refractivity contribution in [1.82, 2.24) is 9.55 Å². The standard InChI is InChI=1S/C12H12BrFN2S2/c13-8-5-11-10(6-9(8)14)15-12(17)16(11)7-1-3-18-4-2-7/h5-7H,1-4H2,(H,15,17). The fourth-order valence-electron chi connectivity index (χ4n) is 2.43. The first-order chi connectivity index (χ1) is 8.66. The average molecular weight is 347 g/mol. The van der Waals surface area contributed by atoms with Crippen molar-refractivity contribution in [3.63, 3.8) is 0 Å². The molecule has 6 heteroatoms. The van der Waals surface area contributed by atoms with Crippen LogP contribution in [0.4, 0.5) is 4.39 Å². The zero-order valence-corrected chi connectivity index (χ0v) is 12.8. The quantitative estimate of drug-likeness (QED) is 0.757. The van der Waals surface area contributed by atoms with E-state index in [1.54, 1.807) is 0 Å². The predicted octanol–water partition coefficient (Wildman–Crippen LogP) is 4.67. The van der Waals surface area contributed by atoms with Gasteiger partial charge in [-0.05, 0) is 58.6 Å². The maximum atomic E-state index is 13.5. The van der Waals surface area contributed by atoms with Crippen LogP contribution in [0.5, 0.6) is 0 Å². The molecule has 3 rings (SSSR count). The second-order valence-electron chi connectivity index (χ2n) is 4.43. The van der Waals surface area contributed by atoms with Gasteiger partial charge in [0.05, 0.1) is 15.5 Å². The predicted molar refractivity (Wildman–Crippen MR) is 80.4 cm³/mol. The maximum Gasteiger partial charge on any atom is 0.178 e. The lowest BCUT2D eigenvalue weighted by Gasteiger charge is -2.23. The third-order valence-corrected chi connectivity index (χ3v) is 5.27. The lowest BCUT2D eigenvalue weighted by atomic mass is 10.1. The van der Waals surface area contributed by atoms with Gasteiger partial charge in [-0.15, -0.1) is 0 Å². The van der Waals surface area contributed by atoms with Crippen LogP contribution in [-0.4, -0.2) is 21.1 Å². The molecule has 0 aliphatic carbocycles. The highest BCUT2D eigenvalue weighted by Gasteiger charge is 2.19. The number of nitrogens with one attached hydrogen (secondary N) is 1. The van der Waals surface area contributed by atoms with Gasteiger partial charge in [0.1, 0.15) is 5.82 Å². The Labute approximate surface area is 122 Å². The van der Waals surface area contributed by atoms with E-state index in [2.05, 4.69) is 25.5 Å². The van der Waals surface area contributed by atoms with E-state index in [9.17, 15) is 4.39 Å². The first-order valence-electron chi connectivity index (χ1n) is 5.84. The van der Waals surface area contributed by atoms with Crippen molar-refractivity contribution in [2.75, 3.05) is 11.5 Å². The topological polar surface area (TPSA) is 20.7 Å². The Morgan fingerprint density at radius 3 is 2.83 bits per heavy atom. The molecule has 1 N–H and O–H groups in total. The smallest absolute Gasteiger partial charge is 0.178 e. The monoisotopic (exact) mass is 346 g/mol. The van der Waals surface area contributed by atoms with Crippen LogP contribution in [0, 0.1) is 10.6 Å². The van der Waals surface area contributed by atoms with Gasteiger partial charge in [-0.25, -0.2) is 4.39 Å². The normalized spacial score (nSPS) is 17.4. The number of H-pyrrole nitrogens is 1. The number of imidazole rings is 1. The van der Waals surface area contributed by atoms with E-state index in [1.807, 2.05) is 17.8 Å². The molecule has 1 aliphatic rings. The van der Waals surface area contributed by atoms with Crippen LogP contribution in [-0.2, 0) is 0 Å². The molecule has 1 aromatic carbocycles. The number of benzene rings is 1. The molecule has 0 saturated carbocycles. The Balaban J connectivity index is 2.18. The summed E-state index contributed by atoms with van der Waals surface area (Å²) in [6.07, 6.45) is 2.25. The second kappa shape index (κ2) is 4.98. The van der Waals surface area contributed by atoms with Crippen molar-refractivity contribution in [2.24, 2.45) is 0 Å². The average Bonchev–Trinajstić information content (AvgIpc) is 2.66. The third kappa shape index (κ3) is 2.14. The highest BCUT2D eigenvalue weighted by Crippen LogP contribution is 2.32. The largest absolute Gasteiger partial charge is 0.330 e. The van der Waals surface area contributed by atoms with Crippen molar-refractivity contribution in [3.8, 4) is 0 Å². The van der Waals surface area contributed by atoms with Crippen LogP contribution in [0.1, 0.15) is 18.9 Å². The van der Waals surface area contributed by atoms with Crippen molar-refractivity contribution < 1.29 is 4.39 Å². The molecule has 96 valence electrons. The minimum atomic E-state index is -0.259. The van der Waals surface area contributed by atoms with Gasteiger partial charge in [0, 0.05) is 12.1 Å². The van der Waals surface area contributed by atoms with E-state index in [4.69, 9.17) is 12.2 Å². The van der Waals surface area contributed by atoms with Gasteiger partial charge < -0.3 is 9.55 Å². The summed E-state index contributed by atoms with van der Waals surface area (Å²) < 4.78 is 16.8. The molecule has 0 radical (unpaired) electrons. The van der Waals surface area contributed by atoms with E-state index >= 15 is 0 Å². The highest BCUT2D eigenvalue weighted by molar-refractivity contribution is 9.10. The molecule has 2 nitrogen and oxygen atoms in total. The molecule has 2 heterocycles. The number of nitrogens with zero attached hydrogens (tertiary/aromatic N) is 1. The number of halogens is 2. The van der Waals surface area contributed by atoms with Gasteiger partial charge in [0.15, 0.2) is 4.77 Å².